The molecule has 1 aromatic heterocycles. The van der Waals surface area contributed by atoms with Crippen molar-refractivity contribution in [1.82, 2.24) is 15.3 Å². The smallest absolute Gasteiger partial charge is 0.223 e. The van der Waals surface area contributed by atoms with Gasteiger partial charge >= 0.3 is 0 Å². The Bertz CT molecular complexity index is 443. The Morgan fingerprint density at radius 3 is 2.55 bits per heavy atom. The Hall–Kier alpha value is -1.65. The Kier molecular flexibility index (Phi) is 6.42. The van der Waals surface area contributed by atoms with E-state index in [1.807, 2.05) is 13.0 Å². The van der Waals surface area contributed by atoms with Gasteiger partial charge in [0.1, 0.15) is 0 Å². The molecule has 2 N–H and O–H groups in total. The van der Waals surface area contributed by atoms with E-state index in [0.29, 0.717) is 30.7 Å². The third kappa shape index (κ3) is 5.99. The minimum Gasteiger partial charge on any atom is -0.356 e. The van der Waals surface area contributed by atoms with Crippen molar-refractivity contribution >= 4 is 11.9 Å². The molecule has 0 aromatic carbocycles. The first-order valence-electron chi connectivity index (χ1n) is 7.24. The summed E-state index contributed by atoms with van der Waals surface area (Å²) in [7, 11) is 0. The molecule has 5 heteroatoms. The molecule has 0 spiro atoms. The topological polar surface area (TPSA) is 66.9 Å². The summed E-state index contributed by atoms with van der Waals surface area (Å²) < 4.78 is 0. The van der Waals surface area contributed by atoms with Gasteiger partial charge in [-0.05, 0) is 24.8 Å². The van der Waals surface area contributed by atoms with E-state index < -0.39 is 0 Å². The molecule has 0 saturated carbocycles. The van der Waals surface area contributed by atoms with E-state index in [1.54, 1.807) is 0 Å². The van der Waals surface area contributed by atoms with Crippen molar-refractivity contribution in [3.05, 3.63) is 17.5 Å². The van der Waals surface area contributed by atoms with Gasteiger partial charge in [0.15, 0.2) is 0 Å². The number of anilines is 1. The van der Waals surface area contributed by atoms with Gasteiger partial charge in [-0.2, -0.15) is 0 Å². The molecule has 0 aliphatic carbocycles. The summed E-state index contributed by atoms with van der Waals surface area (Å²) in [6.45, 7) is 11.6. The zero-order chi connectivity index (χ0) is 15.1. The lowest BCUT2D eigenvalue weighted by molar-refractivity contribution is -0.120. The Morgan fingerprint density at radius 2 is 1.95 bits per heavy atom. The van der Waals surface area contributed by atoms with Crippen molar-refractivity contribution in [3.63, 3.8) is 0 Å². The van der Waals surface area contributed by atoms with Crippen molar-refractivity contribution in [3.8, 4) is 0 Å². The van der Waals surface area contributed by atoms with Crippen LogP contribution in [0.1, 0.15) is 51.4 Å². The average Bonchev–Trinajstić information content (AvgIpc) is 2.35. The van der Waals surface area contributed by atoms with E-state index in [9.17, 15) is 4.79 Å². The SMILES string of the molecule is Cc1cc(C(C)C)nc(NCCC(=O)NCC(C)C)n1. The Balaban J connectivity index is 2.44. The van der Waals surface area contributed by atoms with Crippen molar-refractivity contribution in [1.29, 1.82) is 0 Å². The lowest BCUT2D eigenvalue weighted by atomic mass is 10.1. The molecule has 0 unspecified atom stereocenters. The summed E-state index contributed by atoms with van der Waals surface area (Å²) >= 11 is 0. The number of nitrogens with zero attached hydrogens (tertiary/aromatic N) is 2. The van der Waals surface area contributed by atoms with E-state index in [4.69, 9.17) is 0 Å². The van der Waals surface area contributed by atoms with Crippen molar-refractivity contribution < 1.29 is 4.79 Å². The number of hydrogen-bond acceptors (Lipinski definition) is 4. The second-order valence-electron chi connectivity index (χ2n) is 5.79. The minimum absolute atomic E-state index is 0.0583. The molecule has 0 fully saturated rings. The minimum atomic E-state index is 0.0583. The summed E-state index contributed by atoms with van der Waals surface area (Å²) in [4.78, 5) is 20.4. The van der Waals surface area contributed by atoms with Gasteiger partial charge in [-0.1, -0.05) is 27.7 Å². The summed E-state index contributed by atoms with van der Waals surface area (Å²) in [6.07, 6.45) is 0.432. The van der Waals surface area contributed by atoms with Crippen LogP contribution in [-0.4, -0.2) is 29.0 Å². The Labute approximate surface area is 121 Å². The zero-order valence-corrected chi connectivity index (χ0v) is 13.2. The summed E-state index contributed by atoms with van der Waals surface area (Å²) in [5.41, 5.74) is 1.96. The van der Waals surface area contributed by atoms with Crippen LogP contribution in [-0.2, 0) is 4.79 Å². The van der Waals surface area contributed by atoms with Crippen LogP contribution in [0.15, 0.2) is 6.07 Å². The number of aryl methyl sites for hydroxylation is 1. The van der Waals surface area contributed by atoms with E-state index in [1.165, 1.54) is 0 Å². The molecule has 0 bridgehead atoms. The fourth-order valence-corrected chi connectivity index (χ4v) is 1.66. The maximum absolute atomic E-state index is 11.6. The highest BCUT2D eigenvalue weighted by Crippen LogP contribution is 2.14. The normalized spacial score (nSPS) is 10.9. The van der Waals surface area contributed by atoms with Gasteiger partial charge in [-0.15, -0.1) is 0 Å². The summed E-state index contributed by atoms with van der Waals surface area (Å²) in [5.74, 6) is 1.50. The van der Waals surface area contributed by atoms with Crippen LogP contribution in [0.5, 0.6) is 0 Å². The molecule has 0 aliphatic heterocycles. The lowest BCUT2D eigenvalue weighted by Gasteiger charge is -2.10. The first-order chi connectivity index (χ1) is 9.38. The summed E-state index contributed by atoms with van der Waals surface area (Å²) in [5, 5.41) is 6.01. The van der Waals surface area contributed by atoms with E-state index in [0.717, 1.165) is 17.9 Å². The molecule has 5 nitrogen and oxygen atoms in total. The molecule has 0 radical (unpaired) electrons. The highest BCUT2D eigenvalue weighted by atomic mass is 16.1. The van der Waals surface area contributed by atoms with Gasteiger partial charge in [-0.25, -0.2) is 9.97 Å². The molecule has 1 rings (SSSR count). The van der Waals surface area contributed by atoms with Crippen LogP contribution in [0, 0.1) is 12.8 Å². The third-order valence-corrected chi connectivity index (χ3v) is 2.81. The standard InChI is InChI=1S/C15H26N4O/c1-10(2)9-17-14(20)6-7-16-15-18-12(5)8-13(19-15)11(3)4/h8,10-11H,6-7,9H2,1-5H3,(H,17,20)(H,16,18,19). The van der Waals surface area contributed by atoms with Crippen LogP contribution in [0.25, 0.3) is 0 Å². The maximum Gasteiger partial charge on any atom is 0.223 e. The molecule has 0 aliphatic rings. The molecule has 20 heavy (non-hydrogen) atoms. The Morgan fingerprint density at radius 1 is 1.25 bits per heavy atom. The fourth-order valence-electron chi connectivity index (χ4n) is 1.66. The maximum atomic E-state index is 11.6. The molecule has 112 valence electrons. The van der Waals surface area contributed by atoms with Crippen LogP contribution in [0.4, 0.5) is 5.95 Å². The molecule has 1 heterocycles. The molecular formula is C15H26N4O. The molecule has 0 saturated heterocycles. The number of amides is 1. The second kappa shape index (κ2) is 7.82. The lowest BCUT2D eigenvalue weighted by Crippen LogP contribution is -2.28. The second-order valence-corrected chi connectivity index (χ2v) is 5.79. The number of carbonyl (C=O) groups excluding carboxylic acids is 1. The molecule has 1 amide bonds. The highest BCUT2D eigenvalue weighted by Gasteiger charge is 2.06. The molecule has 1 aromatic rings. The fraction of sp³-hybridized carbons (Fsp3) is 0.667. The predicted molar refractivity (Wildman–Crippen MR) is 81.8 cm³/mol. The van der Waals surface area contributed by atoms with Crippen LogP contribution in [0.2, 0.25) is 0 Å². The average molecular weight is 278 g/mol. The van der Waals surface area contributed by atoms with E-state index >= 15 is 0 Å². The monoisotopic (exact) mass is 278 g/mol. The van der Waals surface area contributed by atoms with Gasteiger partial charge in [-0.3, -0.25) is 4.79 Å². The van der Waals surface area contributed by atoms with Gasteiger partial charge < -0.3 is 10.6 Å². The first kappa shape index (κ1) is 16.4. The first-order valence-corrected chi connectivity index (χ1v) is 7.24. The summed E-state index contributed by atoms with van der Waals surface area (Å²) in [6, 6.07) is 1.99. The van der Waals surface area contributed by atoms with Crippen molar-refractivity contribution in [2.75, 3.05) is 18.4 Å². The third-order valence-electron chi connectivity index (χ3n) is 2.81. The van der Waals surface area contributed by atoms with Gasteiger partial charge in [0.25, 0.3) is 0 Å². The van der Waals surface area contributed by atoms with Crippen LogP contribution >= 0.6 is 0 Å². The van der Waals surface area contributed by atoms with Crippen molar-refractivity contribution in [2.45, 2.75) is 47.0 Å². The van der Waals surface area contributed by atoms with Gasteiger partial charge in [0.2, 0.25) is 11.9 Å². The zero-order valence-electron chi connectivity index (χ0n) is 13.2. The van der Waals surface area contributed by atoms with E-state index in [2.05, 4.69) is 48.3 Å². The van der Waals surface area contributed by atoms with Crippen molar-refractivity contribution in [2.24, 2.45) is 5.92 Å². The predicted octanol–water partition coefficient (Wildman–Crippen LogP) is 2.48. The number of aromatic nitrogens is 2. The van der Waals surface area contributed by atoms with Gasteiger partial charge in [0.05, 0.1) is 0 Å². The molecule has 0 atom stereocenters. The van der Waals surface area contributed by atoms with E-state index in [-0.39, 0.29) is 5.91 Å². The number of rotatable bonds is 7. The number of nitrogens with one attached hydrogen (secondary N) is 2. The quantitative estimate of drug-likeness (QED) is 0.804. The van der Waals surface area contributed by atoms with Gasteiger partial charge in [0, 0.05) is 30.9 Å². The largest absolute Gasteiger partial charge is 0.356 e. The van der Waals surface area contributed by atoms with Crippen LogP contribution < -0.4 is 10.6 Å². The number of carbonyl (C=O) groups is 1. The molecular weight excluding hydrogens is 252 g/mol. The highest BCUT2D eigenvalue weighted by molar-refractivity contribution is 5.76. The number of hydrogen-bond donors (Lipinski definition) is 2. The van der Waals surface area contributed by atoms with Crippen LogP contribution in [0.3, 0.4) is 0 Å².